The van der Waals surface area contributed by atoms with E-state index in [4.69, 9.17) is 19.7 Å². The molecule has 2 N–H and O–H groups in total. The molecular weight excluding hydrogens is 328 g/mol. The number of aliphatic hydroxyl groups excluding tert-OH is 2. The summed E-state index contributed by atoms with van der Waals surface area (Å²) < 4.78 is 11.8. The molecule has 0 radical (unpaired) electrons. The first kappa shape index (κ1) is 22.8. The number of ether oxygens (including phenoxy) is 2. The van der Waals surface area contributed by atoms with E-state index in [1.54, 1.807) is 0 Å². The maximum atomic E-state index is 8.75. The van der Waals surface area contributed by atoms with E-state index in [0.717, 1.165) is 63.2 Å². The number of benzene rings is 1. The van der Waals surface area contributed by atoms with Crippen molar-refractivity contribution in [3.63, 3.8) is 0 Å². The van der Waals surface area contributed by atoms with Crippen LogP contribution in [-0.2, 0) is 0 Å². The molecule has 0 fully saturated rings. The summed E-state index contributed by atoms with van der Waals surface area (Å²) in [5.74, 6) is 1.69. The van der Waals surface area contributed by atoms with Crippen molar-refractivity contribution in [2.45, 2.75) is 77.0 Å². The number of unbranched alkanes of at least 4 members (excludes halogenated alkanes) is 10. The fraction of sp³-hybridized carbons (Fsp3) is 0.727. The summed E-state index contributed by atoms with van der Waals surface area (Å²) in [7, 11) is 0. The van der Waals surface area contributed by atoms with Gasteiger partial charge in [-0.1, -0.05) is 63.5 Å². The lowest BCUT2D eigenvalue weighted by atomic mass is 10.1. The molecule has 1 rings (SSSR count). The first-order chi connectivity index (χ1) is 12.9. The predicted octanol–water partition coefficient (Wildman–Crippen LogP) is 5.11. The van der Waals surface area contributed by atoms with Gasteiger partial charge in [-0.25, -0.2) is 0 Å². The van der Waals surface area contributed by atoms with Gasteiger partial charge >= 0.3 is 0 Å². The van der Waals surface area contributed by atoms with Gasteiger partial charge in [0, 0.05) is 13.2 Å². The van der Waals surface area contributed by atoms with Crippen LogP contribution in [0.25, 0.3) is 0 Å². The third-order valence-electron chi connectivity index (χ3n) is 4.47. The van der Waals surface area contributed by atoms with Crippen molar-refractivity contribution >= 4 is 0 Å². The highest BCUT2D eigenvalue weighted by molar-refractivity contribution is 5.39. The van der Waals surface area contributed by atoms with Crippen molar-refractivity contribution in [3.8, 4) is 11.5 Å². The first-order valence-electron chi connectivity index (χ1n) is 10.4. The van der Waals surface area contributed by atoms with Crippen LogP contribution < -0.4 is 9.47 Å². The maximum absolute atomic E-state index is 8.75. The van der Waals surface area contributed by atoms with Gasteiger partial charge in [-0.15, -0.1) is 0 Å². The Morgan fingerprint density at radius 1 is 0.500 bits per heavy atom. The smallest absolute Gasteiger partial charge is 0.161 e. The van der Waals surface area contributed by atoms with Gasteiger partial charge in [-0.05, 0) is 37.8 Å². The van der Waals surface area contributed by atoms with Crippen molar-refractivity contribution < 1.29 is 19.7 Å². The zero-order chi connectivity index (χ0) is 18.7. The third kappa shape index (κ3) is 12.2. The van der Waals surface area contributed by atoms with Crippen molar-refractivity contribution in [1.29, 1.82) is 0 Å². The Bertz CT molecular complexity index is 383. The SMILES string of the molecule is OCCCCCCCCOc1ccccc1OCCCCCCCCO. The molecule has 1 aromatic carbocycles. The van der Waals surface area contributed by atoms with E-state index < -0.39 is 0 Å². The predicted molar refractivity (Wildman–Crippen MR) is 107 cm³/mol. The lowest BCUT2D eigenvalue weighted by Crippen LogP contribution is -2.02. The summed E-state index contributed by atoms with van der Waals surface area (Å²) >= 11 is 0. The van der Waals surface area contributed by atoms with Crippen LogP contribution in [0.15, 0.2) is 24.3 Å². The first-order valence-corrected chi connectivity index (χ1v) is 10.4. The highest BCUT2D eigenvalue weighted by atomic mass is 16.5. The largest absolute Gasteiger partial charge is 0.490 e. The van der Waals surface area contributed by atoms with Crippen LogP contribution in [0.4, 0.5) is 0 Å². The molecule has 0 aliphatic rings. The van der Waals surface area contributed by atoms with Crippen LogP contribution in [0.3, 0.4) is 0 Å². The van der Waals surface area contributed by atoms with E-state index >= 15 is 0 Å². The highest BCUT2D eigenvalue weighted by Gasteiger charge is 2.04. The van der Waals surface area contributed by atoms with Crippen LogP contribution in [0.1, 0.15) is 77.0 Å². The van der Waals surface area contributed by atoms with E-state index in [2.05, 4.69) is 0 Å². The van der Waals surface area contributed by atoms with Crippen LogP contribution in [0.5, 0.6) is 11.5 Å². The molecule has 4 nitrogen and oxygen atoms in total. The van der Waals surface area contributed by atoms with Gasteiger partial charge in [0.25, 0.3) is 0 Å². The molecule has 0 amide bonds. The minimum Gasteiger partial charge on any atom is -0.490 e. The minimum atomic E-state index is 0.309. The number of para-hydroxylation sites is 2. The van der Waals surface area contributed by atoms with E-state index in [9.17, 15) is 0 Å². The summed E-state index contributed by atoms with van der Waals surface area (Å²) in [6, 6.07) is 7.92. The zero-order valence-electron chi connectivity index (χ0n) is 16.3. The fourth-order valence-electron chi connectivity index (χ4n) is 2.89. The van der Waals surface area contributed by atoms with Crippen LogP contribution in [-0.4, -0.2) is 36.6 Å². The van der Waals surface area contributed by atoms with Crippen LogP contribution >= 0.6 is 0 Å². The van der Waals surface area contributed by atoms with E-state index in [1.165, 1.54) is 38.5 Å². The molecule has 0 saturated carbocycles. The Labute approximate surface area is 159 Å². The Balaban J connectivity index is 2.10. The molecule has 4 heteroatoms. The molecule has 1 aromatic rings. The van der Waals surface area contributed by atoms with Gasteiger partial charge in [-0.3, -0.25) is 0 Å². The summed E-state index contributed by atoms with van der Waals surface area (Å²) in [5.41, 5.74) is 0. The van der Waals surface area contributed by atoms with Crippen molar-refractivity contribution in [2.75, 3.05) is 26.4 Å². The monoisotopic (exact) mass is 366 g/mol. The molecule has 0 spiro atoms. The molecular formula is C22H38O4. The molecule has 0 saturated heterocycles. The summed E-state index contributed by atoms with van der Waals surface area (Å²) in [6.45, 7) is 2.07. The highest BCUT2D eigenvalue weighted by Crippen LogP contribution is 2.27. The Hall–Kier alpha value is -1.26. The Morgan fingerprint density at radius 3 is 1.23 bits per heavy atom. The zero-order valence-corrected chi connectivity index (χ0v) is 16.3. The van der Waals surface area contributed by atoms with Gasteiger partial charge in [0.2, 0.25) is 0 Å². The molecule has 0 atom stereocenters. The van der Waals surface area contributed by atoms with Crippen molar-refractivity contribution in [3.05, 3.63) is 24.3 Å². The van der Waals surface area contributed by atoms with Gasteiger partial charge in [0.15, 0.2) is 11.5 Å². The maximum Gasteiger partial charge on any atom is 0.161 e. The molecule has 0 aromatic heterocycles. The van der Waals surface area contributed by atoms with E-state index in [0.29, 0.717) is 13.2 Å². The molecule has 150 valence electrons. The average molecular weight is 367 g/mol. The average Bonchev–Trinajstić information content (AvgIpc) is 2.67. The number of hydrogen-bond donors (Lipinski definition) is 2. The topological polar surface area (TPSA) is 58.9 Å². The van der Waals surface area contributed by atoms with Gasteiger partial charge < -0.3 is 19.7 Å². The van der Waals surface area contributed by atoms with E-state index in [1.807, 2.05) is 24.3 Å². The van der Waals surface area contributed by atoms with Gasteiger partial charge in [0.1, 0.15) is 0 Å². The van der Waals surface area contributed by atoms with Gasteiger partial charge in [-0.2, -0.15) is 0 Å². The third-order valence-corrected chi connectivity index (χ3v) is 4.47. The van der Waals surface area contributed by atoms with Gasteiger partial charge in [0.05, 0.1) is 13.2 Å². The molecule has 0 heterocycles. The van der Waals surface area contributed by atoms with Crippen molar-refractivity contribution in [1.82, 2.24) is 0 Å². The standard InChI is InChI=1S/C22H38O4/c23-17-11-5-1-3-7-13-19-25-21-15-9-10-16-22(21)26-20-14-8-4-2-6-12-18-24/h9-10,15-16,23-24H,1-8,11-14,17-20H2. The summed E-state index contributed by atoms with van der Waals surface area (Å²) in [5, 5.41) is 17.5. The summed E-state index contributed by atoms with van der Waals surface area (Å²) in [4.78, 5) is 0. The molecule has 0 unspecified atom stereocenters. The second-order valence-corrected chi connectivity index (χ2v) is 6.83. The van der Waals surface area contributed by atoms with Crippen LogP contribution in [0.2, 0.25) is 0 Å². The number of hydrogen-bond acceptors (Lipinski definition) is 4. The van der Waals surface area contributed by atoms with Crippen molar-refractivity contribution in [2.24, 2.45) is 0 Å². The summed E-state index contributed by atoms with van der Waals surface area (Å²) in [6.07, 6.45) is 13.3. The lowest BCUT2D eigenvalue weighted by Gasteiger charge is -2.12. The lowest BCUT2D eigenvalue weighted by molar-refractivity contribution is 0.257. The Kier molecular flexibility index (Phi) is 15.0. The number of aliphatic hydroxyl groups is 2. The van der Waals surface area contributed by atoms with E-state index in [-0.39, 0.29) is 0 Å². The second kappa shape index (κ2) is 17.2. The minimum absolute atomic E-state index is 0.309. The van der Waals surface area contributed by atoms with Crippen LogP contribution in [0, 0.1) is 0 Å². The second-order valence-electron chi connectivity index (χ2n) is 6.83. The molecule has 0 aliphatic carbocycles. The molecule has 0 bridgehead atoms. The molecule has 26 heavy (non-hydrogen) atoms. The molecule has 0 aliphatic heterocycles. The normalized spacial score (nSPS) is 10.8. The fourth-order valence-corrected chi connectivity index (χ4v) is 2.89. The Morgan fingerprint density at radius 2 is 0.846 bits per heavy atom. The quantitative estimate of drug-likeness (QED) is 0.354. The number of rotatable bonds is 18.